The summed E-state index contributed by atoms with van der Waals surface area (Å²) in [6.07, 6.45) is 6.66. The number of aryl methyl sites for hydroxylation is 1. The van der Waals surface area contributed by atoms with Crippen LogP contribution in [0, 0.1) is 0 Å². The maximum absolute atomic E-state index is 13.1. The average Bonchev–Trinajstić information content (AvgIpc) is 2.96. The van der Waals surface area contributed by atoms with E-state index in [0.29, 0.717) is 33.5 Å². The molecule has 0 radical (unpaired) electrons. The molecule has 2 rings (SSSR count). The van der Waals surface area contributed by atoms with Crippen LogP contribution < -0.4 is 15.9 Å². The molecular formula is C22H31BrN3O4S+. The average molecular weight is 513 g/mol. The lowest BCUT2D eigenvalue weighted by Crippen LogP contribution is -2.43. The van der Waals surface area contributed by atoms with E-state index in [2.05, 4.69) is 22.9 Å². The molecule has 0 atom stereocenters. The number of aromatic nitrogens is 1. The molecule has 0 saturated carbocycles. The highest BCUT2D eigenvalue weighted by molar-refractivity contribution is 9.10. The number of nitrogens with two attached hydrogens (primary N) is 2. The maximum atomic E-state index is 13.1. The highest BCUT2D eigenvalue weighted by Gasteiger charge is 2.25. The first kappa shape index (κ1) is 25.3. The Balaban J connectivity index is 2.31. The number of unbranched alkanes of at least 4 members (excludes halogenated alkanes) is 5. The van der Waals surface area contributed by atoms with Crippen LogP contribution in [0.3, 0.4) is 0 Å². The summed E-state index contributed by atoms with van der Waals surface area (Å²) in [7, 11) is 1.87. The third-order valence-electron chi connectivity index (χ3n) is 4.94. The van der Waals surface area contributed by atoms with Gasteiger partial charge < -0.3 is 14.0 Å². The van der Waals surface area contributed by atoms with Crippen molar-refractivity contribution in [1.29, 1.82) is 0 Å². The number of rotatable bonds is 11. The van der Waals surface area contributed by atoms with Gasteiger partial charge in [-0.2, -0.15) is 0 Å². The van der Waals surface area contributed by atoms with Crippen LogP contribution in [-0.2, 0) is 22.3 Å². The third kappa shape index (κ3) is 7.00. The fourth-order valence-electron chi connectivity index (χ4n) is 3.39. The van der Waals surface area contributed by atoms with Crippen LogP contribution in [0.15, 0.2) is 16.6 Å². The van der Waals surface area contributed by atoms with E-state index in [-0.39, 0.29) is 5.17 Å². The number of hydrogen-bond acceptors (Lipinski definition) is 5. The van der Waals surface area contributed by atoms with Gasteiger partial charge >= 0.3 is 11.9 Å². The van der Waals surface area contributed by atoms with E-state index < -0.39 is 11.9 Å². The Hall–Kier alpha value is -2.00. The lowest BCUT2D eigenvalue weighted by atomic mass is 10.1. The Morgan fingerprint density at radius 1 is 1.19 bits per heavy atom. The second-order valence-corrected chi connectivity index (χ2v) is 9.27. The molecular weight excluding hydrogens is 482 g/mol. The van der Waals surface area contributed by atoms with E-state index in [0.717, 1.165) is 30.5 Å². The van der Waals surface area contributed by atoms with E-state index in [4.69, 9.17) is 20.6 Å². The van der Waals surface area contributed by atoms with Gasteiger partial charge in [-0.05, 0) is 46.2 Å². The topological polar surface area (TPSA) is 109 Å². The number of fused-ring (bicyclic) bond motifs is 1. The van der Waals surface area contributed by atoms with Gasteiger partial charge in [-0.3, -0.25) is 15.9 Å². The van der Waals surface area contributed by atoms with Crippen molar-refractivity contribution in [1.82, 2.24) is 4.57 Å². The zero-order valence-electron chi connectivity index (χ0n) is 18.3. The minimum Gasteiger partial charge on any atom is -0.462 e. The van der Waals surface area contributed by atoms with Gasteiger partial charge in [0.2, 0.25) is 0 Å². The summed E-state index contributed by atoms with van der Waals surface area (Å²) in [5.74, 6) is -0.0826. The fraction of sp³-hybridized carbons (Fsp3) is 0.500. The first-order valence-corrected chi connectivity index (χ1v) is 12.2. The first-order chi connectivity index (χ1) is 14.8. The van der Waals surface area contributed by atoms with E-state index in [1.807, 2.05) is 17.7 Å². The van der Waals surface area contributed by atoms with Crippen LogP contribution in [-0.4, -0.2) is 28.3 Å². The number of carbonyl (C=O) groups is 2. The first-order valence-electron chi connectivity index (χ1n) is 10.4. The standard InChI is InChI=1S/C22H30BrN3O4S/c1-4-5-6-7-8-9-10-29-21(28)20-15-11-19(30-14(2)27)16(23)12-17(15)26(3)18(20)13-31-22(24)25/h11-12H,4-10,13H2,1-3H3,(H3,24,25)/p+1. The predicted octanol–water partition coefficient (Wildman–Crippen LogP) is 3.69. The number of ether oxygens (including phenoxy) is 2. The van der Waals surface area contributed by atoms with Crippen molar-refractivity contribution in [2.75, 3.05) is 6.61 Å². The fourth-order valence-corrected chi connectivity index (χ4v) is 4.44. The molecule has 0 spiro atoms. The van der Waals surface area contributed by atoms with E-state index >= 15 is 0 Å². The summed E-state index contributed by atoms with van der Waals surface area (Å²) in [5.41, 5.74) is 7.62. The summed E-state index contributed by atoms with van der Waals surface area (Å²) < 4.78 is 13.4. The Kier molecular flexibility index (Phi) is 9.90. The van der Waals surface area contributed by atoms with Crippen molar-refractivity contribution in [3.05, 3.63) is 27.9 Å². The van der Waals surface area contributed by atoms with Crippen molar-refractivity contribution < 1.29 is 24.5 Å². The normalized spacial score (nSPS) is 11.0. The highest BCUT2D eigenvalue weighted by Crippen LogP contribution is 2.36. The summed E-state index contributed by atoms with van der Waals surface area (Å²) in [5, 5.41) is 6.50. The summed E-state index contributed by atoms with van der Waals surface area (Å²) in [4.78, 5) is 24.5. The quantitative estimate of drug-likeness (QED) is 0.156. The minimum atomic E-state index is -0.440. The number of esters is 2. The van der Waals surface area contributed by atoms with Crippen molar-refractivity contribution in [2.24, 2.45) is 12.8 Å². The molecule has 0 amide bonds. The summed E-state index contributed by atoms with van der Waals surface area (Å²) >= 11 is 4.68. The van der Waals surface area contributed by atoms with E-state index in [9.17, 15) is 9.59 Å². The van der Waals surface area contributed by atoms with Crippen molar-refractivity contribution in [3.63, 3.8) is 0 Å². The highest BCUT2D eigenvalue weighted by atomic mass is 79.9. The number of thioether (sulfide) groups is 1. The second-order valence-electron chi connectivity index (χ2n) is 7.37. The molecule has 2 aromatic rings. The molecule has 0 unspecified atom stereocenters. The van der Waals surface area contributed by atoms with Gasteiger partial charge in [-0.25, -0.2) is 4.79 Å². The molecule has 0 fully saturated rings. The molecule has 1 aromatic heterocycles. The van der Waals surface area contributed by atoms with E-state index in [1.165, 1.54) is 37.9 Å². The Labute approximate surface area is 195 Å². The lowest BCUT2D eigenvalue weighted by Gasteiger charge is -2.08. The van der Waals surface area contributed by atoms with Crippen LogP contribution in [0.4, 0.5) is 0 Å². The monoisotopic (exact) mass is 512 g/mol. The number of hydrogen-bond donors (Lipinski definition) is 2. The van der Waals surface area contributed by atoms with Gasteiger partial charge in [0.25, 0.3) is 5.17 Å². The van der Waals surface area contributed by atoms with Gasteiger partial charge in [0, 0.05) is 30.8 Å². The maximum Gasteiger partial charge on any atom is 0.340 e. The summed E-state index contributed by atoms with van der Waals surface area (Å²) in [6.45, 7) is 3.88. The summed E-state index contributed by atoms with van der Waals surface area (Å²) in [6, 6.07) is 3.51. The Morgan fingerprint density at radius 2 is 1.87 bits per heavy atom. The van der Waals surface area contributed by atoms with Crippen molar-refractivity contribution >= 4 is 55.7 Å². The van der Waals surface area contributed by atoms with Crippen LogP contribution in [0.1, 0.15) is 68.4 Å². The number of benzene rings is 1. The largest absolute Gasteiger partial charge is 0.462 e. The molecule has 7 nitrogen and oxygen atoms in total. The number of carbonyl (C=O) groups excluding carboxylic acids is 2. The molecule has 0 aliphatic carbocycles. The van der Waals surface area contributed by atoms with Crippen LogP contribution >= 0.6 is 27.7 Å². The molecule has 0 bridgehead atoms. The van der Waals surface area contributed by atoms with Gasteiger partial charge in [0.05, 0.1) is 22.2 Å². The molecule has 9 heteroatoms. The SMILES string of the molecule is CCCCCCCCOC(=O)c1c(CSC(N)=[NH2+])n(C)c2cc(Br)c(OC(C)=O)cc12. The molecule has 0 aliphatic heterocycles. The molecule has 0 aliphatic rings. The lowest BCUT2D eigenvalue weighted by molar-refractivity contribution is -0.131. The zero-order chi connectivity index (χ0) is 23.0. The molecule has 170 valence electrons. The number of amidine groups is 1. The van der Waals surface area contributed by atoms with Gasteiger partial charge in [0.15, 0.2) is 0 Å². The van der Waals surface area contributed by atoms with Crippen LogP contribution in [0.25, 0.3) is 10.9 Å². The van der Waals surface area contributed by atoms with Gasteiger partial charge in [-0.15, -0.1) is 0 Å². The molecule has 1 heterocycles. The number of halogens is 1. The van der Waals surface area contributed by atoms with Gasteiger partial charge in [0.1, 0.15) is 5.75 Å². The zero-order valence-corrected chi connectivity index (χ0v) is 20.7. The van der Waals surface area contributed by atoms with Crippen LogP contribution in [0.2, 0.25) is 0 Å². The van der Waals surface area contributed by atoms with E-state index in [1.54, 1.807) is 6.07 Å². The molecule has 0 saturated heterocycles. The Bertz CT molecular complexity index is 958. The van der Waals surface area contributed by atoms with Crippen LogP contribution in [0.5, 0.6) is 5.75 Å². The molecule has 31 heavy (non-hydrogen) atoms. The molecule has 1 aromatic carbocycles. The second kappa shape index (κ2) is 12.1. The predicted molar refractivity (Wildman–Crippen MR) is 128 cm³/mol. The van der Waals surface area contributed by atoms with Crippen molar-refractivity contribution in [3.8, 4) is 5.75 Å². The minimum absolute atomic E-state index is 0.221. The smallest absolute Gasteiger partial charge is 0.340 e. The number of nitrogens with zero attached hydrogens (tertiary/aromatic N) is 1. The Morgan fingerprint density at radius 3 is 2.52 bits per heavy atom. The van der Waals surface area contributed by atoms with Gasteiger partial charge in [-0.1, -0.05) is 39.0 Å². The molecule has 4 N–H and O–H groups in total. The third-order valence-corrected chi connectivity index (χ3v) is 6.31. The van der Waals surface area contributed by atoms with Crippen molar-refractivity contribution in [2.45, 2.75) is 58.1 Å².